The molecule has 4 bridgehead atoms. The monoisotopic (exact) mass is 451 g/mol. The van der Waals surface area contributed by atoms with Crippen LogP contribution in [0.25, 0.3) is 0 Å². The second-order valence-corrected chi connectivity index (χ2v) is 14.1. The molecule has 8 rings (SSSR count). The second kappa shape index (κ2) is 6.88. The first-order chi connectivity index (χ1) is 15.8. The molecule has 0 aromatic carbocycles. The van der Waals surface area contributed by atoms with E-state index in [9.17, 15) is 9.59 Å². The summed E-state index contributed by atoms with van der Waals surface area (Å²) in [6.45, 7) is 4.81. The van der Waals surface area contributed by atoms with Gasteiger partial charge in [-0.05, 0) is 118 Å². The summed E-state index contributed by atoms with van der Waals surface area (Å²) in [7, 11) is 0. The van der Waals surface area contributed by atoms with E-state index in [1.807, 2.05) is 0 Å². The van der Waals surface area contributed by atoms with Crippen LogP contribution in [0.4, 0.5) is 0 Å². The van der Waals surface area contributed by atoms with Crippen LogP contribution >= 0.6 is 0 Å². The van der Waals surface area contributed by atoms with E-state index in [1.54, 1.807) is 6.08 Å². The summed E-state index contributed by atoms with van der Waals surface area (Å²) in [5, 5.41) is 3.72. The van der Waals surface area contributed by atoms with E-state index < -0.39 is 0 Å². The van der Waals surface area contributed by atoms with Gasteiger partial charge in [0.2, 0.25) is 5.91 Å². The molecule has 0 radical (unpaired) electrons. The van der Waals surface area contributed by atoms with Crippen molar-refractivity contribution in [3.8, 4) is 0 Å². The average Bonchev–Trinajstić information content (AvgIpc) is 3.11. The molecule has 0 aromatic heterocycles. The topological polar surface area (TPSA) is 55.4 Å². The molecule has 4 nitrogen and oxygen atoms in total. The van der Waals surface area contributed by atoms with Crippen LogP contribution in [0.5, 0.6) is 0 Å². The molecule has 7 fully saturated rings. The number of carbonyl (C=O) groups is 2. The number of fused-ring (bicyclic) bond motifs is 5. The smallest absolute Gasteiger partial charge is 0.330 e. The van der Waals surface area contributed by atoms with Gasteiger partial charge in [-0.25, -0.2) is 4.79 Å². The summed E-state index contributed by atoms with van der Waals surface area (Å²) in [6.07, 6.45) is 18.6. The van der Waals surface area contributed by atoms with Gasteiger partial charge < -0.3 is 10.1 Å². The van der Waals surface area contributed by atoms with Crippen molar-refractivity contribution in [2.75, 3.05) is 0 Å². The van der Waals surface area contributed by atoms with Gasteiger partial charge in [-0.3, -0.25) is 4.79 Å². The fourth-order valence-electron chi connectivity index (χ4n) is 11.1. The molecule has 0 saturated heterocycles. The maximum Gasteiger partial charge on any atom is 0.330 e. The molecule has 1 N–H and O–H groups in total. The van der Waals surface area contributed by atoms with Crippen molar-refractivity contribution in [2.24, 2.45) is 52.3 Å². The number of rotatable bonds is 2. The van der Waals surface area contributed by atoms with Crippen LogP contribution in [-0.2, 0) is 14.3 Å². The maximum atomic E-state index is 13.7. The standard InChI is InChI=1S/C29H41NO3/c1-27-7-5-22-21(3-4-24-28(22,2)8-6-25(31)33-24)23(27)12-20(16-27)26(32)30-29-13-17-9-18(14-29)11-19(10-17)15-29/h6,8,17-24H,3-5,7,9-16H2,1-2H3,(H,30,32)/t17?,18?,19?,20-,21+,22-,23-,24+,27+,28+,29?/m0/s1. The zero-order chi connectivity index (χ0) is 22.6. The number of nitrogens with one attached hydrogen (secondary N) is 1. The summed E-state index contributed by atoms with van der Waals surface area (Å²) in [4.78, 5) is 25.6. The zero-order valence-corrected chi connectivity index (χ0v) is 20.5. The first-order valence-corrected chi connectivity index (χ1v) is 14.0. The van der Waals surface area contributed by atoms with Crippen LogP contribution in [0.1, 0.15) is 90.9 Å². The highest BCUT2D eigenvalue weighted by atomic mass is 16.5. The normalized spacial score (nSPS) is 56.0. The third kappa shape index (κ3) is 3.07. The van der Waals surface area contributed by atoms with Gasteiger partial charge in [0.05, 0.1) is 0 Å². The van der Waals surface area contributed by atoms with E-state index in [0.717, 1.165) is 43.4 Å². The Kier molecular flexibility index (Phi) is 4.38. The van der Waals surface area contributed by atoms with Gasteiger partial charge in [-0.1, -0.05) is 19.9 Å². The van der Waals surface area contributed by atoms with Gasteiger partial charge in [0.1, 0.15) is 6.10 Å². The van der Waals surface area contributed by atoms with Crippen molar-refractivity contribution >= 4 is 11.9 Å². The highest BCUT2D eigenvalue weighted by Gasteiger charge is 2.60. The average molecular weight is 452 g/mol. The Balaban J connectivity index is 1.09. The molecule has 7 atom stereocenters. The molecule has 7 aliphatic carbocycles. The summed E-state index contributed by atoms with van der Waals surface area (Å²) in [5.41, 5.74) is 0.395. The highest BCUT2D eigenvalue weighted by Crippen LogP contribution is 2.65. The number of amides is 1. The Morgan fingerprint density at radius 1 is 0.939 bits per heavy atom. The van der Waals surface area contributed by atoms with Gasteiger partial charge in [0, 0.05) is 22.9 Å². The van der Waals surface area contributed by atoms with E-state index in [4.69, 9.17) is 4.74 Å². The Labute approximate surface area is 198 Å². The minimum absolute atomic E-state index is 0.0301. The lowest BCUT2D eigenvalue weighted by Crippen LogP contribution is -2.60. The zero-order valence-electron chi connectivity index (χ0n) is 20.5. The first kappa shape index (κ1) is 21.0. The van der Waals surface area contributed by atoms with Crippen molar-refractivity contribution in [2.45, 2.75) is 103 Å². The van der Waals surface area contributed by atoms with Crippen LogP contribution in [-0.4, -0.2) is 23.5 Å². The number of carbonyl (C=O) groups excluding carboxylic acids is 2. The van der Waals surface area contributed by atoms with Crippen molar-refractivity contribution < 1.29 is 14.3 Å². The Hall–Kier alpha value is -1.32. The fourth-order valence-corrected chi connectivity index (χ4v) is 11.1. The third-order valence-corrected chi connectivity index (χ3v) is 12.1. The predicted molar refractivity (Wildman–Crippen MR) is 126 cm³/mol. The molecular formula is C29H41NO3. The number of hydrogen-bond donors (Lipinski definition) is 1. The minimum atomic E-state index is -0.168. The third-order valence-electron chi connectivity index (χ3n) is 12.1. The molecule has 0 unspecified atom stereocenters. The molecule has 1 heterocycles. The number of hydrogen-bond acceptors (Lipinski definition) is 3. The van der Waals surface area contributed by atoms with Gasteiger partial charge in [-0.2, -0.15) is 0 Å². The largest absolute Gasteiger partial charge is 0.458 e. The Bertz CT molecular complexity index is 873. The molecule has 7 saturated carbocycles. The van der Waals surface area contributed by atoms with Gasteiger partial charge in [0.25, 0.3) is 0 Å². The molecule has 1 amide bonds. The molecule has 8 aliphatic rings. The molecule has 180 valence electrons. The molecule has 0 aromatic rings. The number of esters is 1. The van der Waals surface area contributed by atoms with Crippen molar-refractivity contribution in [3.63, 3.8) is 0 Å². The predicted octanol–water partition coefficient (Wildman–Crippen LogP) is 5.41. The van der Waals surface area contributed by atoms with E-state index in [1.165, 1.54) is 51.4 Å². The summed E-state index contributed by atoms with van der Waals surface area (Å²) >= 11 is 0. The maximum absolute atomic E-state index is 13.7. The summed E-state index contributed by atoms with van der Waals surface area (Å²) in [6, 6.07) is 0. The fraction of sp³-hybridized carbons (Fsp3) is 0.862. The summed E-state index contributed by atoms with van der Waals surface area (Å²) in [5.74, 6) is 4.88. The van der Waals surface area contributed by atoms with E-state index >= 15 is 0 Å². The van der Waals surface area contributed by atoms with Crippen LogP contribution in [0.15, 0.2) is 12.2 Å². The Morgan fingerprint density at radius 2 is 1.64 bits per heavy atom. The first-order valence-electron chi connectivity index (χ1n) is 14.0. The van der Waals surface area contributed by atoms with Crippen LogP contribution in [0.2, 0.25) is 0 Å². The Morgan fingerprint density at radius 3 is 2.33 bits per heavy atom. The SMILES string of the molecule is C[C@]12CC[C@H]3[C@@H](CC[C@H]4OC(=O)C=C[C@@]43C)[C@@H]1C[C@H](C(=O)NC13CC4CC(CC(C4)C1)C3)C2. The molecular weight excluding hydrogens is 410 g/mol. The van der Waals surface area contributed by atoms with Crippen molar-refractivity contribution in [1.29, 1.82) is 0 Å². The van der Waals surface area contributed by atoms with Gasteiger partial charge in [-0.15, -0.1) is 0 Å². The minimum Gasteiger partial charge on any atom is -0.458 e. The lowest BCUT2D eigenvalue weighted by molar-refractivity contribution is -0.166. The van der Waals surface area contributed by atoms with Crippen molar-refractivity contribution in [3.05, 3.63) is 12.2 Å². The number of ether oxygens (including phenoxy) is 1. The van der Waals surface area contributed by atoms with Gasteiger partial charge in [0.15, 0.2) is 0 Å². The molecule has 1 aliphatic heterocycles. The highest BCUT2D eigenvalue weighted by molar-refractivity contribution is 5.83. The molecule has 0 spiro atoms. The second-order valence-electron chi connectivity index (χ2n) is 14.1. The van der Waals surface area contributed by atoms with E-state index in [2.05, 4.69) is 25.2 Å². The van der Waals surface area contributed by atoms with Crippen LogP contribution in [0, 0.1) is 52.3 Å². The molecule has 33 heavy (non-hydrogen) atoms. The summed E-state index contributed by atoms with van der Waals surface area (Å²) < 4.78 is 5.78. The van der Waals surface area contributed by atoms with Gasteiger partial charge >= 0.3 is 5.97 Å². The van der Waals surface area contributed by atoms with Crippen LogP contribution in [0.3, 0.4) is 0 Å². The van der Waals surface area contributed by atoms with E-state index in [-0.39, 0.29) is 28.9 Å². The quantitative estimate of drug-likeness (QED) is 0.571. The van der Waals surface area contributed by atoms with E-state index in [0.29, 0.717) is 29.1 Å². The van der Waals surface area contributed by atoms with Crippen molar-refractivity contribution in [1.82, 2.24) is 5.32 Å². The lowest BCUT2D eigenvalue weighted by atomic mass is 9.49. The van der Waals surface area contributed by atoms with Crippen LogP contribution < -0.4 is 5.32 Å². The lowest BCUT2D eigenvalue weighted by Gasteiger charge is -2.57. The molecule has 4 heteroatoms.